The summed E-state index contributed by atoms with van der Waals surface area (Å²) in [5.41, 5.74) is 1.36. The molecule has 18 heavy (non-hydrogen) atoms. The van der Waals surface area contributed by atoms with E-state index in [4.69, 9.17) is 5.11 Å². The molecule has 2 unspecified atom stereocenters. The van der Waals surface area contributed by atoms with E-state index >= 15 is 0 Å². The highest BCUT2D eigenvalue weighted by Gasteiger charge is 2.17. The Morgan fingerprint density at radius 3 is 2.33 bits per heavy atom. The predicted octanol–water partition coefficient (Wildman–Crippen LogP) is 3.34. The van der Waals surface area contributed by atoms with Crippen LogP contribution in [0, 0.1) is 5.92 Å². The van der Waals surface area contributed by atoms with Gasteiger partial charge in [-0.25, -0.2) is 0 Å². The van der Waals surface area contributed by atoms with Gasteiger partial charge in [-0.3, -0.25) is 0 Å². The maximum absolute atomic E-state index is 9.37. The summed E-state index contributed by atoms with van der Waals surface area (Å²) in [7, 11) is 0. The second kappa shape index (κ2) is 9.12. The lowest BCUT2D eigenvalue weighted by Crippen LogP contribution is -2.13. The van der Waals surface area contributed by atoms with Crippen molar-refractivity contribution in [1.29, 1.82) is 0 Å². The molecule has 2 atom stereocenters. The van der Waals surface area contributed by atoms with Crippen LogP contribution in [-0.4, -0.2) is 23.4 Å². The summed E-state index contributed by atoms with van der Waals surface area (Å²) >= 11 is 0. The van der Waals surface area contributed by atoms with E-state index in [1.807, 2.05) is 6.07 Å². The summed E-state index contributed by atoms with van der Waals surface area (Å²) in [4.78, 5) is 0. The van der Waals surface area contributed by atoms with E-state index in [0.29, 0.717) is 12.3 Å². The Labute approximate surface area is 111 Å². The van der Waals surface area contributed by atoms with Crippen LogP contribution in [0.15, 0.2) is 30.3 Å². The number of rotatable bonds is 9. The summed E-state index contributed by atoms with van der Waals surface area (Å²) < 4.78 is 0. The van der Waals surface area contributed by atoms with Gasteiger partial charge in [-0.05, 0) is 36.7 Å². The monoisotopic (exact) mass is 250 g/mol. The zero-order chi connectivity index (χ0) is 13.2. The number of unbranched alkanes of at least 4 members (excludes halogenated alkanes) is 1. The molecule has 102 valence electrons. The number of hydrogen-bond donors (Lipinski definition) is 2. The molecule has 0 bridgehead atoms. The molecule has 0 aromatic heterocycles. The van der Waals surface area contributed by atoms with E-state index in [0.717, 1.165) is 6.42 Å². The van der Waals surface area contributed by atoms with E-state index in [1.54, 1.807) is 0 Å². The molecule has 2 N–H and O–H groups in total. The summed E-state index contributed by atoms with van der Waals surface area (Å²) in [5, 5.41) is 18.4. The van der Waals surface area contributed by atoms with Gasteiger partial charge in [0.2, 0.25) is 0 Å². The van der Waals surface area contributed by atoms with Crippen molar-refractivity contribution < 1.29 is 10.2 Å². The van der Waals surface area contributed by atoms with Gasteiger partial charge in [-0.2, -0.15) is 0 Å². The third kappa shape index (κ3) is 5.19. The van der Waals surface area contributed by atoms with Crippen LogP contribution in [0.1, 0.15) is 50.5 Å². The Morgan fingerprint density at radius 2 is 1.78 bits per heavy atom. The van der Waals surface area contributed by atoms with Crippen molar-refractivity contribution in [2.75, 3.05) is 13.2 Å². The van der Waals surface area contributed by atoms with Gasteiger partial charge < -0.3 is 10.2 Å². The summed E-state index contributed by atoms with van der Waals surface area (Å²) in [6.07, 6.45) is 5.26. The predicted molar refractivity (Wildman–Crippen MR) is 75.6 cm³/mol. The van der Waals surface area contributed by atoms with Gasteiger partial charge in [0.05, 0.1) is 0 Å². The standard InChI is InChI=1S/C16H26O2/c1-2-3-7-16(12-14(13-18)10-11-17)15-8-5-4-6-9-15/h4-6,8-9,14,16-18H,2-3,7,10-13H2,1H3. The minimum Gasteiger partial charge on any atom is -0.396 e. The minimum atomic E-state index is 0.167. The van der Waals surface area contributed by atoms with E-state index in [1.165, 1.54) is 24.8 Å². The molecule has 0 fully saturated rings. The van der Waals surface area contributed by atoms with Crippen molar-refractivity contribution in [3.05, 3.63) is 35.9 Å². The zero-order valence-electron chi connectivity index (χ0n) is 11.4. The van der Waals surface area contributed by atoms with Gasteiger partial charge in [0, 0.05) is 13.2 Å². The Morgan fingerprint density at radius 1 is 1.06 bits per heavy atom. The third-order valence-electron chi connectivity index (χ3n) is 3.59. The van der Waals surface area contributed by atoms with Gasteiger partial charge in [0.25, 0.3) is 0 Å². The molecule has 2 nitrogen and oxygen atoms in total. The van der Waals surface area contributed by atoms with Gasteiger partial charge in [-0.1, -0.05) is 50.1 Å². The number of hydrogen-bond acceptors (Lipinski definition) is 2. The number of aliphatic hydroxyl groups is 2. The Balaban J connectivity index is 2.65. The van der Waals surface area contributed by atoms with Crippen LogP contribution in [0.5, 0.6) is 0 Å². The van der Waals surface area contributed by atoms with Crippen LogP contribution in [0.4, 0.5) is 0 Å². The fourth-order valence-electron chi connectivity index (χ4n) is 2.46. The lowest BCUT2D eigenvalue weighted by molar-refractivity contribution is 0.169. The maximum Gasteiger partial charge on any atom is 0.0460 e. The Hall–Kier alpha value is -0.860. The van der Waals surface area contributed by atoms with Crippen molar-refractivity contribution in [3.8, 4) is 0 Å². The molecule has 0 spiro atoms. The normalized spacial score (nSPS) is 14.4. The summed E-state index contributed by atoms with van der Waals surface area (Å²) in [6.45, 7) is 2.55. The Bertz CT molecular complexity index is 297. The first-order chi connectivity index (χ1) is 8.81. The molecule has 1 aromatic rings. The van der Waals surface area contributed by atoms with Gasteiger partial charge in [0.1, 0.15) is 0 Å². The fraction of sp³-hybridized carbons (Fsp3) is 0.625. The summed E-state index contributed by atoms with van der Waals surface area (Å²) in [6, 6.07) is 10.5. The number of benzene rings is 1. The lowest BCUT2D eigenvalue weighted by Gasteiger charge is -2.22. The highest BCUT2D eigenvalue weighted by atomic mass is 16.3. The average molecular weight is 250 g/mol. The zero-order valence-corrected chi connectivity index (χ0v) is 11.4. The molecule has 0 amide bonds. The van der Waals surface area contributed by atoms with Gasteiger partial charge in [0.15, 0.2) is 0 Å². The first-order valence-corrected chi connectivity index (χ1v) is 7.08. The second-order valence-corrected chi connectivity index (χ2v) is 5.05. The van der Waals surface area contributed by atoms with Crippen molar-refractivity contribution in [2.24, 2.45) is 5.92 Å². The van der Waals surface area contributed by atoms with E-state index in [9.17, 15) is 5.11 Å². The Kier molecular flexibility index (Phi) is 7.70. The van der Waals surface area contributed by atoms with Crippen molar-refractivity contribution in [2.45, 2.75) is 44.9 Å². The smallest absolute Gasteiger partial charge is 0.0460 e. The molecule has 2 heteroatoms. The maximum atomic E-state index is 9.37. The van der Waals surface area contributed by atoms with E-state index < -0.39 is 0 Å². The molecule has 0 aliphatic carbocycles. The van der Waals surface area contributed by atoms with Crippen molar-refractivity contribution in [3.63, 3.8) is 0 Å². The lowest BCUT2D eigenvalue weighted by atomic mass is 9.84. The molecule has 0 aliphatic rings. The second-order valence-electron chi connectivity index (χ2n) is 5.05. The van der Waals surface area contributed by atoms with Gasteiger partial charge >= 0.3 is 0 Å². The first-order valence-electron chi connectivity index (χ1n) is 7.08. The molecule has 1 rings (SSSR count). The highest BCUT2D eigenvalue weighted by Crippen LogP contribution is 2.29. The summed E-state index contributed by atoms with van der Waals surface area (Å²) in [5.74, 6) is 0.729. The molecule has 1 aromatic carbocycles. The fourth-order valence-corrected chi connectivity index (χ4v) is 2.46. The van der Waals surface area contributed by atoms with Crippen LogP contribution >= 0.6 is 0 Å². The van der Waals surface area contributed by atoms with E-state index in [-0.39, 0.29) is 19.1 Å². The minimum absolute atomic E-state index is 0.167. The molecule has 0 radical (unpaired) electrons. The van der Waals surface area contributed by atoms with Crippen LogP contribution in [0.25, 0.3) is 0 Å². The molecule has 0 aliphatic heterocycles. The van der Waals surface area contributed by atoms with Crippen LogP contribution in [0.3, 0.4) is 0 Å². The van der Waals surface area contributed by atoms with Crippen molar-refractivity contribution in [1.82, 2.24) is 0 Å². The largest absolute Gasteiger partial charge is 0.396 e. The SMILES string of the molecule is CCCCC(CC(CO)CCO)c1ccccc1. The molecular formula is C16H26O2. The molecular weight excluding hydrogens is 224 g/mol. The third-order valence-corrected chi connectivity index (χ3v) is 3.59. The van der Waals surface area contributed by atoms with Crippen molar-refractivity contribution >= 4 is 0 Å². The van der Waals surface area contributed by atoms with E-state index in [2.05, 4.69) is 31.2 Å². The molecule has 0 heterocycles. The molecule has 0 saturated heterocycles. The van der Waals surface area contributed by atoms with Crippen LogP contribution in [0.2, 0.25) is 0 Å². The molecule has 0 saturated carbocycles. The van der Waals surface area contributed by atoms with Gasteiger partial charge in [-0.15, -0.1) is 0 Å². The number of aliphatic hydroxyl groups excluding tert-OH is 2. The van der Waals surface area contributed by atoms with Crippen LogP contribution < -0.4 is 0 Å². The van der Waals surface area contributed by atoms with Crippen LogP contribution in [-0.2, 0) is 0 Å². The quantitative estimate of drug-likeness (QED) is 0.705. The topological polar surface area (TPSA) is 40.5 Å². The highest BCUT2D eigenvalue weighted by molar-refractivity contribution is 5.19. The first kappa shape index (κ1) is 15.2. The average Bonchev–Trinajstić information content (AvgIpc) is 2.43.